The number of carbonyl (C=O) groups is 2. The quantitative estimate of drug-likeness (QED) is 0.267. The molecule has 5 aromatic rings. The highest BCUT2D eigenvalue weighted by Gasteiger charge is 2.08. The van der Waals surface area contributed by atoms with Crippen molar-refractivity contribution in [2.24, 2.45) is 0 Å². The van der Waals surface area contributed by atoms with Crippen LogP contribution in [-0.2, 0) is 9.59 Å². The Morgan fingerprint density at radius 1 is 0.771 bits per heavy atom. The number of nitrogens with one attached hydrogen (secondary N) is 3. The number of furan rings is 2. The molecule has 3 aromatic heterocycles. The first-order chi connectivity index (χ1) is 17.1. The van der Waals surface area contributed by atoms with Gasteiger partial charge in [0.1, 0.15) is 17.3 Å². The van der Waals surface area contributed by atoms with E-state index in [0.29, 0.717) is 28.7 Å². The Kier molecular flexibility index (Phi) is 6.08. The summed E-state index contributed by atoms with van der Waals surface area (Å²) >= 11 is 0. The topological polar surface area (TPSA) is 113 Å². The minimum absolute atomic E-state index is 0.258. The molecule has 0 fully saturated rings. The average molecular weight is 464 g/mol. The van der Waals surface area contributed by atoms with E-state index in [1.54, 1.807) is 67.1 Å². The zero-order chi connectivity index (χ0) is 24.0. The number of aromatic amines is 1. The lowest BCUT2D eigenvalue weighted by Gasteiger charge is -2.03. The summed E-state index contributed by atoms with van der Waals surface area (Å²) in [4.78, 5) is 32.2. The van der Waals surface area contributed by atoms with Crippen LogP contribution in [0.1, 0.15) is 11.5 Å². The van der Waals surface area contributed by atoms with Crippen LogP contribution >= 0.6 is 0 Å². The first kappa shape index (κ1) is 21.7. The number of imidazole rings is 1. The third kappa shape index (κ3) is 5.45. The van der Waals surface area contributed by atoms with Gasteiger partial charge in [0.05, 0.1) is 23.6 Å². The van der Waals surface area contributed by atoms with Crippen LogP contribution in [0.4, 0.5) is 11.4 Å². The smallest absolute Gasteiger partial charge is 0.248 e. The van der Waals surface area contributed by atoms with Crippen molar-refractivity contribution in [1.82, 2.24) is 9.97 Å². The molecule has 0 atom stereocenters. The molecule has 8 nitrogen and oxygen atoms in total. The SMILES string of the molecule is O=C(/C=C/c1ccco1)Nc1ccc(-c2nc3ccc(NC(=O)/C=C/c4ccco4)cc3[nH]2)cc1. The van der Waals surface area contributed by atoms with Gasteiger partial charge in [-0.3, -0.25) is 9.59 Å². The number of carbonyl (C=O) groups excluding carboxylic acids is 2. The van der Waals surface area contributed by atoms with Crippen molar-refractivity contribution >= 4 is 46.4 Å². The van der Waals surface area contributed by atoms with Gasteiger partial charge in [-0.15, -0.1) is 0 Å². The number of rotatable bonds is 7. The van der Waals surface area contributed by atoms with Gasteiger partial charge in [-0.1, -0.05) is 0 Å². The fourth-order valence-corrected chi connectivity index (χ4v) is 3.39. The van der Waals surface area contributed by atoms with E-state index in [1.807, 2.05) is 24.3 Å². The normalized spacial score (nSPS) is 11.4. The number of nitrogens with zero attached hydrogens (tertiary/aromatic N) is 1. The fraction of sp³-hybridized carbons (Fsp3) is 0. The zero-order valence-corrected chi connectivity index (χ0v) is 18.4. The number of fused-ring (bicyclic) bond motifs is 1. The predicted octanol–water partition coefficient (Wildman–Crippen LogP) is 5.72. The van der Waals surface area contributed by atoms with Crippen molar-refractivity contribution in [2.45, 2.75) is 0 Å². The van der Waals surface area contributed by atoms with Crippen LogP contribution in [0.2, 0.25) is 0 Å². The summed E-state index contributed by atoms with van der Waals surface area (Å²) in [7, 11) is 0. The highest BCUT2D eigenvalue weighted by atomic mass is 16.3. The van der Waals surface area contributed by atoms with E-state index >= 15 is 0 Å². The Morgan fingerprint density at radius 2 is 1.37 bits per heavy atom. The van der Waals surface area contributed by atoms with Crippen molar-refractivity contribution in [3.05, 3.63) is 103 Å². The van der Waals surface area contributed by atoms with Crippen LogP contribution in [-0.4, -0.2) is 21.8 Å². The molecule has 0 radical (unpaired) electrons. The molecule has 172 valence electrons. The average Bonchev–Trinajstić information content (AvgIpc) is 3.64. The molecular weight excluding hydrogens is 444 g/mol. The molecule has 2 amide bonds. The summed E-state index contributed by atoms with van der Waals surface area (Å²) in [5, 5.41) is 5.63. The minimum Gasteiger partial charge on any atom is -0.465 e. The Balaban J connectivity index is 1.24. The van der Waals surface area contributed by atoms with Gasteiger partial charge >= 0.3 is 0 Å². The lowest BCUT2D eigenvalue weighted by Crippen LogP contribution is -2.07. The molecule has 0 saturated heterocycles. The van der Waals surface area contributed by atoms with Crippen LogP contribution in [0, 0.1) is 0 Å². The molecular formula is C27H20N4O4. The van der Waals surface area contributed by atoms with Crippen LogP contribution in [0.5, 0.6) is 0 Å². The molecule has 0 bridgehead atoms. The van der Waals surface area contributed by atoms with Gasteiger partial charge in [-0.2, -0.15) is 0 Å². The van der Waals surface area contributed by atoms with Gasteiger partial charge in [0, 0.05) is 29.1 Å². The van der Waals surface area contributed by atoms with Gasteiger partial charge in [0.2, 0.25) is 11.8 Å². The van der Waals surface area contributed by atoms with Crippen molar-refractivity contribution < 1.29 is 18.4 Å². The summed E-state index contributed by atoms with van der Waals surface area (Å²) < 4.78 is 10.4. The van der Waals surface area contributed by atoms with E-state index in [-0.39, 0.29) is 11.8 Å². The van der Waals surface area contributed by atoms with Crippen molar-refractivity contribution in [3.8, 4) is 11.4 Å². The van der Waals surface area contributed by atoms with Gasteiger partial charge in [0.25, 0.3) is 0 Å². The monoisotopic (exact) mass is 464 g/mol. The van der Waals surface area contributed by atoms with Crippen molar-refractivity contribution in [2.75, 3.05) is 10.6 Å². The molecule has 0 saturated carbocycles. The predicted molar refractivity (Wildman–Crippen MR) is 134 cm³/mol. The molecule has 3 N–H and O–H groups in total. The molecule has 8 heteroatoms. The van der Waals surface area contributed by atoms with Gasteiger partial charge in [-0.05, 0) is 78.9 Å². The minimum atomic E-state index is -0.267. The van der Waals surface area contributed by atoms with Gasteiger partial charge in [0.15, 0.2) is 0 Å². The first-order valence-corrected chi connectivity index (χ1v) is 10.8. The maximum atomic E-state index is 12.2. The molecule has 0 spiro atoms. The number of anilines is 2. The lowest BCUT2D eigenvalue weighted by atomic mass is 10.2. The largest absolute Gasteiger partial charge is 0.465 e. The third-order valence-electron chi connectivity index (χ3n) is 5.06. The van der Waals surface area contributed by atoms with Crippen LogP contribution < -0.4 is 10.6 Å². The summed E-state index contributed by atoms with van der Waals surface area (Å²) in [5.74, 6) is 1.36. The number of hydrogen-bond donors (Lipinski definition) is 3. The van der Waals surface area contributed by atoms with Gasteiger partial charge in [-0.25, -0.2) is 4.98 Å². The highest BCUT2D eigenvalue weighted by molar-refractivity contribution is 6.03. The number of H-pyrrole nitrogens is 1. The summed E-state index contributed by atoms with van der Waals surface area (Å²) in [5.41, 5.74) is 3.71. The van der Waals surface area contributed by atoms with Crippen LogP contribution in [0.25, 0.3) is 34.6 Å². The second kappa shape index (κ2) is 9.80. The van der Waals surface area contributed by atoms with Crippen LogP contribution in [0.15, 0.2) is 100 Å². The van der Waals surface area contributed by atoms with E-state index in [9.17, 15) is 9.59 Å². The van der Waals surface area contributed by atoms with E-state index < -0.39 is 0 Å². The number of amides is 2. The second-order valence-electron chi connectivity index (χ2n) is 7.57. The molecule has 35 heavy (non-hydrogen) atoms. The molecule has 3 heterocycles. The zero-order valence-electron chi connectivity index (χ0n) is 18.4. The Bertz CT molecular complexity index is 1510. The summed E-state index contributed by atoms with van der Waals surface area (Å²) in [6.07, 6.45) is 9.12. The molecule has 0 aliphatic heterocycles. The molecule has 0 unspecified atom stereocenters. The summed E-state index contributed by atoms with van der Waals surface area (Å²) in [6.45, 7) is 0. The van der Waals surface area contributed by atoms with E-state index in [4.69, 9.17) is 8.83 Å². The van der Waals surface area contributed by atoms with E-state index in [2.05, 4.69) is 20.6 Å². The van der Waals surface area contributed by atoms with Gasteiger partial charge < -0.3 is 24.5 Å². The summed E-state index contributed by atoms with van der Waals surface area (Å²) in [6, 6.07) is 19.8. The van der Waals surface area contributed by atoms with Crippen LogP contribution in [0.3, 0.4) is 0 Å². The lowest BCUT2D eigenvalue weighted by molar-refractivity contribution is -0.112. The van der Waals surface area contributed by atoms with Crippen molar-refractivity contribution in [3.63, 3.8) is 0 Å². The van der Waals surface area contributed by atoms with Crippen molar-refractivity contribution in [1.29, 1.82) is 0 Å². The second-order valence-corrected chi connectivity index (χ2v) is 7.57. The molecule has 5 rings (SSSR count). The fourth-order valence-electron chi connectivity index (χ4n) is 3.39. The highest BCUT2D eigenvalue weighted by Crippen LogP contribution is 2.24. The van der Waals surface area contributed by atoms with E-state index in [0.717, 1.165) is 16.6 Å². The Morgan fingerprint density at radius 3 is 1.97 bits per heavy atom. The molecule has 2 aromatic carbocycles. The first-order valence-electron chi connectivity index (χ1n) is 10.8. The Hall–Kier alpha value is -5.11. The number of benzene rings is 2. The van der Waals surface area contributed by atoms with E-state index in [1.165, 1.54) is 12.2 Å². The maximum Gasteiger partial charge on any atom is 0.248 e. The standard InChI is InChI=1S/C27H20N4O4/c32-25(13-10-21-3-1-15-34-21)28-19-7-5-18(6-8-19)27-30-23-12-9-20(17-24(23)31-27)29-26(33)14-11-22-4-2-16-35-22/h1-17H,(H,28,32)(H,29,33)(H,30,31)/b13-10+,14-11+. The number of hydrogen-bond acceptors (Lipinski definition) is 5. The molecule has 0 aliphatic carbocycles. The Labute approximate surface area is 200 Å². The molecule has 0 aliphatic rings. The maximum absolute atomic E-state index is 12.2. The number of aromatic nitrogens is 2. The third-order valence-corrected chi connectivity index (χ3v) is 5.06.